The van der Waals surface area contributed by atoms with E-state index < -0.39 is 13.9 Å². The summed E-state index contributed by atoms with van der Waals surface area (Å²) in [5.41, 5.74) is 0. The van der Waals surface area contributed by atoms with Gasteiger partial charge in [0.1, 0.15) is 19.3 Å². The molecular weight excluding hydrogens is 878 g/mol. The molecule has 408 valence electrons. The molecule has 0 aromatic carbocycles. The molecule has 0 fully saturated rings. The van der Waals surface area contributed by atoms with Crippen LogP contribution in [0.15, 0.2) is 36.5 Å². The van der Waals surface area contributed by atoms with Gasteiger partial charge >= 0.3 is 13.8 Å². The van der Waals surface area contributed by atoms with E-state index in [9.17, 15) is 14.3 Å². The van der Waals surface area contributed by atoms with Gasteiger partial charge in [-0.05, 0) is 70.6 Å². The molecular formula is C60H117NO7P+. The molecule has 0 aliphatic heterocycles. The van der Waals surface area contributed by atoms with Crippen LogP contribution in [0, 0.1) is 0 Å². The van der Waals surface area contributed by atoms with Crippen LogP contribution in [0.3, 0.4) is 0 Å². The van der Waals surface area contributed by atoms with E-state index in [4.69, 9.17) is 18.5 Å². The Bertz CT molecular complexity index is 1200. The topological polar surface area (TPSA) is 91.3 Å². The van der Waals surface area contributed by atoms with Crippen LogP contribution < -0.4 is 0 Å². The number of carbonyl (C=O) groups is 1. The molecule has 0 rings (SSSR count). The summed E-state index contributed by atoms with van der Waals surface area (Å²) >= 11 is 0. The van der Waals surface area contributed by atoms with Crippen molar-refractivity contribution in [1.82, 2.24) is 0 Å². The van der Waals surface area contributed by atoms with Crippen LogP contribution >= 0.6 is 7.82 Å². The lowest BCUT2D eigenvalue weighted by atomic mass is 10.0. The zero-order chi connectivity index (χ0) is 50.5. The Balaban J connectivity index is 4.03. The highest BCUT2D eigenvalue weighted by Crippen LogP contribution is 2.43. The van der Waals surface area contributed by atoms with E-state index in [0.29, 0.717) is 24.1 Å². The average Bonchev–Trinajstić information content (AvgIpc) is 3.31. The van der Waals surface area contributed by atoms with Crippen LogP contribution in [0.2, 0.25) is 0 Å². The van der Waals surface area contributed by atoms with Crippen molar-refractivity contribution in [3.05, 3.63) is 36.5 Å². The zero-order valence-corrected chi connectivity index (χ0v) is 47.5. The molecule has 0 saturated heterocycles. The first kappa shape index (κ1) is 67.7. The van der Waals surface area contributed by atoms with Crippen molar-refractivity contribution in [2.24, 2.45) is 0 Å². The number of esters is 1. The molecule has 9 heteroatoms. The fraction of sp³-hybridized carbons (Fsp3) is 0.883. The molecule has 0 amide bonds. The number of phosphoric ester groups is 1. The Morgan fingerprint density at radius 3 is 1.19 bits per heavy atom. The van der Waals surface area contributed by atoms with Crippen molar-refractivity contribution in [3.63, 3.8) is 0 Å². The highest BCUT2D eigenvalue weighted by atomic mass is 31.2. The second-order valence-corrected chi connectivity index (χ2v) is 22.8. The van der Waals surface area contributed by atoms with Crippen LogP contribution in [-0.2, 0) is 27.9 Å². The van der Waals surface area contributed by atoms with Gasteiger partial charge < -0.3 is 18.9 Å². The summed E-state index contributed by atoms with van der Waals surface area (Å²) in [6.45, 7) is 5.66. The van der Waals surface area contributed by atoms with E-state index in [0.717, 1.165) is 38.5 Å². The largest absolute Gasteiger partial charge is 0.472 e. The molecule has 0 aromatic rings. The maximum atomic E-state index is 12.8. The third kappa shape index (κ3) is 57.5. The Labute approximate surface area is 429 Å². The molecule has 0 aliphatic rings. The Kier molecular flexibility index (Phi) is 52.0. The molecule has 69 heavy (non-hydrogen) atoms. The van der Waals surface area contributed by atoms with Gasteiger partial charge in [0, 0.05) is 13.0 Å². The van der Waals surface area contributed by atoms with Crippen LogP contribution in [0.4, 0.5) is 0 Å². The molecule has 0 radical (unpaired) electrons. The fourth-order valence-corrected chi connectivity index (χ4v) is 9.32. The Morgan fingerprint density at radius 2 is 0.797 bits per heavy atom. The summed E-state index contributed by atoms with van der Waals surface area (Å²) in [7, 11) is 1.68. The van der Waals surface area contributed by atoms with Gasteiger partial charge in [-0.1, -0.05) is 243 Å². The smallest absolute Gasteiger partial charge is 0.457 e. The lowest BCUT2D eigenvalue weighted by molar-refractivity contribution is -0.870. The molecule has 0 aromatic heterocycles. The summed E-state index contributed by atoms with van der Waals surface area (Å²) in [6.07, 6.45) is 66.4. The molecule has 2 unspecified atom stereocenters. The number of phosphoric acid groups is 1. The number of quaternary nitrogens is 1. The van der Waals surface area contributed by atoms with Crippen molar-refractivity contribution < 1.29 is 37.3 Å². The number of rotatable bonds is 56. The molecule has 0 bridgehead atoms. The number of unbranched alkanes of at least 4 members (excludes halogenated alkanes) is 36. The monoisotopic (exact) mass is 995 g/mol. The molecule has 0 spiro atoms. The number of allylic oxidation sites excluding steroid dienone is 6. The standard InChI is InChI=1S/C60H116NO7P/c1-6-8-10-12-14-16-18-20-22-24-26-28-29-30-31-32-34-36-38-40-42-44-46-48-50-52-55-65-57-59(58-67-69(63,64)66-56-54-61(3,4)5)68-60(62)53-51-49-47-45-43-41-39-37-35-33-27-25-23-21-19-17-15-13-11-9-7-2/h19,21,24-27,59H,6-18,20,22-23,28-58H2,1-5H3/p+1/b21-19-,26-24-,27-25-. The minimum atomic E-state index is -4.29. The molecule has 1 N–H and O–H groups in total. The SMILES string of the molecule is CCCCCCC/C=C\C/C=C\CCCCCCCCCCCC(=O)OC(COCCCCCCCCCCCCCCCC/C=C\CCCCCCCCCC)COP(=O)(O)OCC[N+](C)(C)C. The predicted octanol–water partition coefficient (Wildman–Crippen LogP) is 18.8. The number of likely N-dealkylation sites (N-methyl/N-ethyl adjacent to an activating group) is 1. The highest BCUT2D eigenvalue weighted by Gasteiger charge is 2.26. The van der Waals surface area contributed by atoms with Crippen molar-refractivity contribution in [2.45, 2.75) is 290 Å². The third-order valence-electron chi connectivity index (χ3n) is 13.2. The molecule has 0 aliphatic carbocycles. The third-order valence-corrected chi connectivity index (χ3v) is 14.2. The van der Waals surface area contributed by atoms with E-state index >= 15 is 0 Å². The maximum Gasteiger partial charge on any atom is 0.472 e. The first-order valence-corrected chi connectivity index (χ1v) is 31.2. The van der Waals surface area contributed by atoms with Crippen LogP contribution in [0.5, 0.6) is 0 Å². The van der Waals surface area contributed by atoms with E-state index in [2.05, 4.69) is 50.3 Å². The van der Waals surface area contributed by atoms with Crippen molar-refractivity contribution >= 4 is 13.8 Å². The number of nitrogens with zero attached hydrogens (tertiary/aromatic N) is 1. The molecule has 0 saturated carbocycles. The van der Waals surface area contributed by atoms with E-state index in [-0.39, 0.29) is 25.8 Å². The molecule has 2 atom stereocenters. The van der Waals surface area contributed by atoms with Crippen molar-refractivity contribution in [3.8, 4) is 0 Å². The summed E-state index contributed by atoms with van der Waals surface area (Å²) in [5.74, 6) is -0.313. The van der Waals surface area contributed by atoms with Crippen molar-refractivity contribution in [1.29, 1.82) is 0 Å². The number of ether oxygens (including phenoxy) is 2. The van der Waals surface area contributed by atoms with E-state index in [1.807, 2.05) is 21.1 Å². The summed E-state index contributed by atoms with van der Waals surface area (Å²) in [5, 5.41) is 0. The number of hydrogen-bond donors (Lipinski definition) is 1. The van der Waals surface area contributed by atoms with E-state index in [1.165, 1.54) is 225 Å². The lowest BCUT2D eigenvalue weighted by Crippen LogP contribution is -2.37. The molecule has 0 heterocycles. The average molecular weight is 996 g/mol. The second kappa shape index (κ2) is 53.0. The quantitative estimate of drug-likeness (QED) is 0.0213. The fourth-order valence-electron chi connectivity index (χ4n) is 8.58. The molecule has 8 nitrogen and oxygen atoms in total. The summed E-state index contributed by atoms with van der Waals surface area (Å²) in [6, 6.07) is 0. The first-order chi connectivity index (χ1) is 33.6. The van der Waals surface area contributed by atoms with Crippen LogP contribution in [-0.4, -0.2) is 75.6 Å². The highest BCUT2D eigenvalue weighted by molar-refractivity contribution is 7.47. The van der Waals surface area contributed by atoms with Gasteiger partial charge in [0.2, 0.25) is 0 Å². The van der Waals surface area contributed by atoms with Gasteiger partial charge in [-0.15, -0.1) is 0 Å². The van der Waals surface area contributed by atoms with Crippen molar-refractivity contribution in [2.75, 3.05) is 54.1 Å². The summed E-state index contributed by atoms with van der Waals surface area (Å²) in [4.78, 5) is 23.1. The summed E-state index contributed by atoms with van der Waals surface area (Å²) < 4.78 is 35.3. The van der Waals surface area contributed by atoms with Gasteiger partial charge in [-0.25, -0.2) is 4.57 Å². The van der Waals surface area contributed by atoms with Gasteiger partial charge in [0.15, 0.2) is 0 Å². The number of carbonyl (C=O) groups excluding carboxylic acids is 1. The Morgan fingerprint density at radius 1 is 0.449 bits per heavy atom. The minimum Gasteiger partial charge on any atom is -0.457 e. The zero-order valence-electron chi connectivity index (χ0n) is 46.6. The van der Waals surface area contributed by atoms with Crippen LogP contribution in [0.25, 0.3) is 0 Å². The minimum absolute atomic E-state index is 0.0888. The Hall–Kier alpha value is -1.28. The van der Waals surface area contributed by atoms with Gasteiger partial charge in [0.05, 0.1) is 34.4 Å². The first-order valence-electron chi connectivity index (χ1n) is 29.7. The van der Waals surface area contributed by atoms with Gasteiger partial charge in [-0.2, -0.15) is 0 Å². The normalized spacial score (nSPS) is 13.7. The number of hydrogen-bond acceptors (Lipinski definition) is 6. The maximum absolute atomic E-state index is 12.8. The predicted molar refractivity (Wildman–Crippen MR) is 298 cm³/mol. The van der Waals surface area contributed by atoms with Crippen LogP contribution in [0.1, 0.15) is 284 Å². The second-order valence-electron chi connectivity index (χ2n) is 21.4. The van der Waals surface area contributed by atoms with Gasteiger partial charge in [0.25, 0.3) is 0 Å². The lowest BCUT2D eigenvalue weighted by Gasteiger charge is -2.24. The van der Waals surface area contributed by atoms with E-state index in [1.54, 1.807) is 0 Å². The van der Waals surface area contributed by atoms with Gasteiger partial charge in [-0.3, -0.25) is 13.8 Å².